The fourth-order valence-electron chi connectivity index (χ4n) is 5.20. The van der Waals surface area contributed by atoms with Crippen molar-refractivity contribution in [2.24, 2.45) is 0 Å². The van der Waals surface area contributed by atoms with Crippen LogP contribution < -0.4 is 18.9 Å². The molecular formula is C27H37ClN2O6. The molecular weight excluding hydrogens is 484 g/mol. The predicted octanol–water partition coefficient (Wildman–Crippen LogP) is 3.22. The third kappa shape index (κ3) is 5.51. The zero-order valence-electron chi connectivity index (χ0n) is 21.7. The number of fused-ring (bicyclic) bond motifs is 2. The summed E-state index contributed by atoms with van der Waals surface area (Å²) < 4.78 is 21.6. The van der Waals surface area contributed by atoms with E-state index in [4.69, 9.17) is 18.9 Å². The van der Waals surface area contributed by atoms with E-state index in [-0.39, 0.29) is 18.3 Å². The van der Waals surface area contributed by atoms with Gasteiger partial charge in [-0.2, -0.15) is 0 Å². The summed E-state index contributed by atoms with van der Waals surface area (Å²) >= 11 is 0. The van der Waals surface area contributed by atoms with Crippen LogP contribution in [-0.4, -0.2) is 82.5 Å². The molecule has 2 aromatic rings. The molecule has 0 saturated heterocycles. The van der Waals surface area contributed by atoms with Crippen LogP contribution in [-0.2, 0) is 17.6 Å². The first-order valence-electron chi connectivity index (χ1n) is 12.0. The van der Waals surface area contributed by atoms with Crippen molar-refractivity contribution < 1.29 is 28.8 Å². The Morgan fingerprint density at radius 2 is 1.47 bits per heavy atom. The quantitative estimate of drug-likeness (QED) is 0.515. The number of methoxy groups -OCH3 is 4. The number of benzene rings is 2. The first-order chi connectivity index (χ1) is 16.9. The lowest BCUT2D eigenvalue weighted by Gasteiger charge is -2.34. The molecule has 0 bridgehead atoms. The van der Waals surface area contributed by atoms with Gasteiger partial charge < -0.3 is 33.9 Å². The molecule has 1 unspecified atom stereocenters. The molecule has 36 heavy (non-hydrogen) atoms. The van der Waals surface area contributed by atoms with Crippen molar-refractivity contribution in [3.05, 3.63) is 46.5 Å². The van der Waals surface area contributed by atoms with Crippen molar-refractivity contribution in [2.45, 2.75) is 31.3 Å². The average Bonchev–Trinajstić information content (AvgIpc) is 2.97. The zero-order chi connectivity index (χ0) is 25.1. The lowest BCUT2D eigenvalue weighted by atomic mass is 9.77. The minimum atomic E-state index is -1.19. The summed E-state index contributed by atoms with van der Waals surface area (Å²) in [6.45, 7) is 2.99. The van der Waals surface area contributed by atoms with Gasteiger partial charge in [-0.1, -0.05) is 0 Å². The second-order valence-corrected chi connectivity index (χ2v) is 9.31. The summed E-state index contributed by atoms with van der Waals surface area (Å²) in [6, 6.07) is 7.75. The van der Waals surface area contributed by atoms with Crippen LogP contribution in [0.1, 0.15) is 40.7 Å². The van der Waals surface area contributed by atoms with Gasteiger partial charge >= 0.3 is 0 Å². The maximum Gasteiger partial charge on any atom is 0.256 e. The first-order valence-corrected chi connectivity index (χ1v) is 12.0. The van der Waals surface area contributed by atoms with Gasteiger partial charge in [-0.25, -0.2) is 0 Å². The number of hydrogen-bond acceptors (Lipinski definition) is 7. The van der Waals surface area contributed by atoms with Crippen LogP contribution in [0.5, 0.6) is 23.0 Å². The van der Waals surface area contributed by atoms with Crippen LogP contribution in [0.2, 0.25) is 0 Å². The van der Waals surface area contributed by atoms with E-state index in [0.717, 1.165) is 43.0 Å². The van der Waals surface area contributed by atoms with Crippen LogP contribution in [0.4, 0.5) is 0 Å². The Kier molecular flexibility index (Phi) is 9.33. The molecule has 9 heteroatoms. The lowest BCUT2D eigenvalue weighted by molar-refractivity contribution is -0.140. The average molecular weight is 521 g/mol. The minimum Gasteiger partial charge on any atom is -0.493 e. The Labute approximate surface area is 219 Å². The molecule has 0 saturated carbocycles. The highest BCUT2D eigenvalue weighted by atomic mass is 35.5. The topological polar surface area (TPSA) is 80.7 Å². The number of carbonyl (C=O) groups excluding carboxylic acids is 1. The van der Waals surface area contributed by atoms with E-state index in [1.165, 1.54) is 11.1 Å². The summed E-state index contributed by atoms with van der Waals surface area (Å²) in [7, 11) is 8.58. The van der Waals surface area contributed by atoms with Gasteiger partial charge in [-0.3, -0.25) is 4.79 Å². The number of nitrogens with zero attached hydrogens (tertiary/aromatic N) is 2. The normalized spacial score (nSPS) is 18.4. The minimum absolute atomic E-state index is 0. The van der Waals surface area contributed by atoms with Crippen molar-refractivity contribution in [3.63, 3.8) is 0 Å². The maximum atomic E-state index is 13.0. The Morgan fingerprint density at radius 1 is 0.917 bits per heavy atom. The summed E-state index contributed by atoms with van der Waals surface area (Å²) in [6.07, 6.45) is 1.34. The van der Waals surface area contributed by atoms with Gasteiger partial charge in [0, 0.05) is 25.6 Å². The fourth-order valence-corrected chi connectivity index (χ4v) is 5.20. The Bertz CT molecular complexity index is 1080. The highest BCUT2D eigenvalue weighted by molar-refractivity contribution is 5.85. The van der Waals surface area contributed by atoms with Crippen molar-refractivity contribution >= 4 is 18.3 Å². The third-order valence-electron chi connectivity index (χ3n) is 7.19. The van der Waals surface area contributed by atoms with E-state index in [2.05, 4.69) is 24.1 Å². The molecule has 1 aliphatic carbocycles. The summed E-state index contributed by atoms with van der Waals surface area (Å²) in [5.74, 6) is 2.88. The van der Waals surface area contributed by atoms with Crippen LogP contribution in [0, 0.1) is 0 Å². The number of aliphatic hydroxyl groups is 1. The number of aliphatic hydroxyl groups excluding tert-OH is 1. The van der Waals surface area contributed by atoms with Crippen molar-refractivity contribution in [1.29, 1.82) is 0 Å². The number of likely N-dealkylation sites (N-methyl/N-ethyl adjacent to an activating group) is 1. The number of amides is 1. The number of halogens is 1. The second kappa shape index (κ2) is 12.0. The van der Waals surface area contributed by atoms with Crippen LogP contribution in [0.3, 0.4) is 0 Å². The SMILES string of the molecule is COc1cc2c(cc1OC)C(O)C(=O)N(CCCN(C)C[C@H]1Cc3cc(OC)c(OC)cc31)CC2.Cl. The fraction of sp³-hybridized carbons (Fsp3) is 0.519. The highest BCUT2D eigenvalue weighted by Gasteiger charge is 2.31. The lowest BCUT2D eigenvalue weighted by Crippen LogP contribution is -2.37. The number of ether oxygens (including phenoxy) is 4. The van der Waals surface area contributed by atoms with Gasteiger partial charge in [0.15, 0.2) is 29.1 Å². The van der Waals surface area contributed by atoms with E-state index in [1.807, 2.05) is 6.07 Å². The van der Waals surface area contributed by atoms with Crippen molar-refractivity contribution in [2.75, 3.05) is 61.7 Å². The van der Waals surface area contributed by atoms with Crippen molar-refractivity contribution in [3.8, 4) is 23.0 Å². The monoisotopic (exact) mass is 520 g/mol. The Balaban J connectivity index is 0.00000361. The number of carbonyl (C=O) groups is 1. The largest absolute Gasteiger partial charge is 0.493 e. The molecule has 2 aliphatic rings. The second-order valence-electron chi connectivity index (χ2n) is 9.31. The summed E-state index contributed by atoms with van der Waals surface area (Å²) in [5, 5.41) is 10.8. The molecule has 0 radical (unpaired) electrons. The van der Waals surface area contributed by atoms with E-state index in [0.29, 0.717) is 42.5 Å². The first kappa shape index (κ1) is 27.9. The van der Waals surface area contributed by atoms with E-state index < -0.39 is 6.10 Å². The zero-order valence-corrected chi connectivity index (χ0v) is 22.5. The van der Waals surface area contributed by atoms with Gasteiger partial charge in [-0.05, 0) is 79.4 Å². The summed E-state index contributed by atoms with van der Waals surface area (Å²) in [5.41, 5.74) is 4.16. The van der Waals surface area contributed by atoms with E-state index in [1.54, 1.807) is 39.4 Å². The Hall–Kier alpha value is -2.68. The molecule has 1 N–H and O–H groups in total. The smallest absolute Gasteiger partial charge is 0.256 e. The molecule has 0 aromatic heterocycles. The molecule has 0 spiro atoms. The maximum absolute atomic E-state index is 13.0. The van der Waals surface area contributed by atoms with Gasteiger partial charge in [0.25, 0.3) is 5.91 Å². The van der Waals surface area contributed by atoms with Crippen LogP contribution in [0.25, 0.3) is 0 Å². The van der Waals surface area contributed by atoms with Gasteiger partial charge in [0.05, 0.1) is 28.4 Å². The summed E-state index contributed by atoms with van der Waals surface area (Å²) in [4.78, 5) is 17.1. The number of rotatable bonds is 10. The van der Waals surface area contributed by atoms with E-state index >= 15 is 0 Å². The molecule has 8 nitrogen and oxygen atoms in total. The van der Waals surface area contributed by atoms with Crippen molar-refractivity contribution in [1.82, 2.24) is 9.80 Å². The van der Waals surface area contributed by atoms with E-state index in [9.17, 15) is 9.90 Å². The molecule has 2 atom stereocenters. The molecule has 4 rings (SSSR count). The highest BCUT2D eigenvalue weighted by Crippen LogP contribution is 2.42. The van der Waals surface area contributed by atoms with Gasteiger partial charge in [-0.15, -0.1) is 12.4 Å². The third-order valence-corrected chi connectivity index (χ3v) is 7.19. The molecule has 1 heterocycles. The molecule has 2 aromatic carbocycles. The van der Waals surface area contributed by atoms with Gasteiger partial charge in [0.2, 0.25) is 0 Å². The number of hydrogen-bond donors (Lipinski definition) is 1. The molecule has 1 aliphatic heterocycles. The van der Waals surface area contributed by atoms with Gasteiger partial charge in [0.1, 0.15) is 0 Å². The Morgan fingerprint density at radius 3 is 2.08 bits per heavy atom. The molecule has 0 fully saturated rings. The van der Waals surface area contributed by atoms with Crippen LogP contribution in [0.15, 0.2) is 24.3 Å². The predicted molar refractivity (Wildman–Crippen MR) is 140 cm³/mol. The molecule has 198 valence electrons. The standard InChI is InChI=1S/C27H36N2O6.ClH/c1-28(16-19-11-18-13-23(33-3)24(34-4)14-20(18)19)8-6-9-29-10-7-17-12-22(32-2)25(35-5)15-21(17)26(30)27(29)31;/h12-15,19,26,30H,6-11,16H2,1-5H3;1H/t19-,26?;/m1./s1. The van der Waals surface area contributed by atoms with Crippen LogP contribution >= 0.6 is 12.4 Å². The molecule has 1 amide bonds.